The number of aromatic nitrogens is 2. The highest BCUT2D eigenvalue weighted by Crippen LogP contribution is 2.41. The van der Waals surface area contributed by atoms with E-state index in [1.807, 2.05) is 30.3 Å². The lowest BCUT2D eigenvalue weighted by Gasteiger charge is -2.27. The quantitative estimate of drug-likeness (QED) is 0.147. The van der Waals surface area contributed by atoms with Crippen molar-refractivity contribution in [3.8, 4) is 67.0 Å². The van der Waals surface area contributed by atoms with Crippen LogP contribution in [-0.4, -0.2) is 9.97 Å². The van der Waals surface area contributed by atoms with Crippen LogP contribution in [0.25, 0.3) is 78.1 Å². The van der Waals surface area contributed by atoms with Gasteiger partial charge in [-0.15, -0.1) is 0 Å². The first kappa shape index (κ1) is 35.5. The summed E-state index contributed by atoms with van der Waals surface area (Å²) in [5.74, 6) is 0. The van der Waals surface area contributed by atoms with Gasteiger partial charge in [0.1, 0.15) is 0 Å². The van der Waals surface area contributed by atoms with Crippen molar-refractivity contribution in [1.82, 2.24) is 9.97 Å². The van der Waals surface area contributed by atoms with E-state index in [2.05, 4.69) is 211 Å². The van der Waals surface area contributed by atoms with Gasteiger partial charge < -0.3 is 4.90 Å². The molecule has 0 unspecified atom stereocenters. The maximum absolute atomic E-state index is 5.19. The molecule has 0 saturated heterocycles. The van der Waals surface area contributed by atoms with Crippen LogP contribution in [0.1, 0.15) is 0 Å². The molecule has 0 aliphatic rings. The standard InChI is InChI=1S/C56H39N3/c1-5-15-40(16-6-1)43-25-27-44(28-26-43)45-29-33-50(34-30-45)59(52-38-48(41-17-7-2-8-18-41)37-49(39-52)42-19-9-3-10-20-42)51-35-31-47(32-36-51)56-55(46-21-11-4-12-22-46)57-53-23-13-14-24-54(53)58-56/h1-39H. The van der Waals surface area contributed by atoms with Crippen molar-refractivity contribution in [3.63, 3.8) is 0 Å². The summed E-state index contributed by atoms with van der Waals surface area (Å²) in [6.45, 7) is 0. The summed E-state index contributed by atoms with van der Waals surface area (Å²) in [5.41, 5.74) is 18.1. The molecule has 1 aromatic heterocycles. The highest BCUT2D eigenvalue weighted by Gasteiger charge is 2.18. The molecular weight excluding hydrogens is 715 g/mol. The second kappa shape index (κ2) is 15.9. The van der Waals surface area contributed by atoms with E-state index in [4.69, 9.17) is 9.97 Å². The zero-order valence-corrected chi connectivity index (χ0v) is 32.4. The molecule has 0 bridgehead atoms. The van der Waals surface area contributed by atoms with Gasteiger partial charge in [-0.1, -0.05) is 182 Å². The van der Waals surface area contributed by atoms with Crippen LogP contribution in [0.3, 0.4) is 0 Å². The topological polar surface area (TPSA) is 29.0 Å². The summed E-state index contributed by atoms with van der Waals surface area (Å²) in [4.78, 5) is 12.7. The summed E-state index contributed by atoms with van der Waals surface area (Å²) in [6.07, 6.45) is 0. The fourth-order valence-corrected chi connectivity index (χ4v) is 7.84. The van der Waals surface area contributed by atoms with Crippen LogP contribution >= 0.6 is 0 Å². The molecule has 0 N–H and O–H groups in total. The van der Waals surface area contributed by atoms with E-state index < -0.39 is 0 Å². The van der Waals surface area contributed by atoms with Gasteiger partial charge in [-0.25, -0.2) is 9.97 Å². The van der Waals surface area contributed by atoms with E-state index >= 15 is 0 Å². The Labute approximate surface area is 345 Å². The van der Waals surface area contributed by atoms with Crippen LogP contribution in [0.15, 0.2) is 237 Å². The summed E-state index contributed by atoms with van der Waals surface area (Å²) < 4.78 is 0. The predicted molar refractivity (Wildman–Crippen MR) is 247 cm³/mol. The van der Waals surface area contributed by atoms with Gasteiger partial charge in [0.2, 0.25) is 0 Å². The summed E-state index contributed by atoms with van der Waals surface area (Å²) in [6, 6.07) is 83.6. The van der Waals surface area contributed by atoms with Crippen molar-refractivity contribution in [1.29, 1.82) is 0 Å². The number of nitrogens with zero attached hydrogens (tertiary/aromatic N) is 3. The first-order valence-corrected chi connectivity index (χ1v) is 20.0. The van der Waals surface area contributed by atoms with E-state index in [-0.39, 0.29) is 0 Å². The minimum Gasteiger partial charge on any atom is -0.310 e. The molecule has 278 valence electrons. The van der Waals surface area contributed by atoms with Gasteiger partial charge in [-0.3, -0.25) is 0 Å². The molecule has 1 heterocycles. The molecule has 0 aliphatic heterocycles. The second-order valence-corrected chi connectivity index (χ2v) is 14.6. The summed E-state index contributed by atoms with van der Waals surface area (Å²) in [7, 11) is 0. The normalized spacial score (nSPS) is 11.1. The number of para-hydroxylation sites is 2. The van der Waals surface area contributed by atoms with Crippen molar-refractivity contribution in [3.05, 3.63) is 237 Å². The molecular formula is C56H39N3. The van der Waals surface area contributed by atoms with Crippen LogP contribution < -0.4 is 4.90 Å². The highest BCUT2D eigenvalue weighted by atomic mass is 15.1. The molecule has 3 heteroatoms. The minimum absolute atomic E-state index is 0.855. The monoisotopic (exact) mass is 753 g/mol. The average molecular weight is 754 g/mol. The van der Waals surface area contributed by atoms with E-state index in [9.17, 15) is 0 Å². The maximum atomic E-state index is 5.19. The molecule has 0 spiro atoms. The molecule has 10 rings (SSSR count). The van der Waals surface area contributed by atoms with Crippen molar-refractivity contribution in [2.24, 2.45) is 0 Å². The van der Waals surface area contributed by atoms with E-state index in [1.54, 1.807) is 0 Å². The number of hydrogen-bond donors (Lipinski definition) is 0. The van der Waals surface area contributed by atoms with Crippen LogP contribution in [-0.2, 0) is 0 Å². The van der Waals surface area contributed by atoms with Crippen molar-refractivity contribution in [2.45, 2.75) is 0 Å². The average Bonchev–Trinajstić information content (AvgIpc) is 3.33. The third-order valence-corrected chi connectivity index (χ3v) is 10.9. The molecule has 0 amide bonds. The van der Waals surface area contributed by atoms with E-state index in [0.717, 1.165) is 67.3 Å². The SMILES string of the molecule is c1ccc(-c2ccc(-c3ccc(N(c4ccc(-c5nc6ccccc6nc5-c5ccccc5)cc4)c4cc(-c5ccccc5)cc(-c5ccccc5)c4)cc3)cc2)cc1. The Morgan fingerprint density at radius 3 is 0.915 bits per heavy atom. The number of hydrogen-bond acceptors (Lipinski definition) is 3. The molecule has 0 fully saturated rings. The molecule has 0 atom stereocenters. The number of anilines is 3. The maximum Gasteiger partial charge on any atom is 0.0973 e. The van der Waals surface area contributed by atoms with Crippen LogP contribution in [0, 0.1) is 0 Å². The van der Waals surface area contributed by atoms with Crippen molar-refractivity contribution in [2.75, 3.05) is 4.90 Å². The Morgan fingerprint density at radius 1 is 0.220 bits per heavy atom. The lowest BCUT2D eigenvalue weighted by molar-refractivity contribution is 1.27. The number of fused-ring (bicyclic) bond motifs is 1. The first-order valence-electron chi connectivity index (χ1n) is 20.0. The Kier molecular flexibility index (Phi) is 9.59. The van der Waals surface area contributed by atoms with E-state index in [1.165, 1.54) is 27.8 Å². The molecule has 0 radical (unpaired) electrons. The Morgan fingerprint density at radius 2 is 0.508 bits per heavy atom. The molecule has 0 aliphatic carbocycles. The van der Waals surface area contributed by atoms with Gasteiger partial charge in [0.25, 0.3) is 0 Å². The third kappa shape index (κ3) is 7.41. The van der Waals surface area contributed by atoms with Crippen LogP contribution in [0.2, 0.25) is 0 Å². The zero-order chi connectivity index (χ0) is 39.4. The highest BCUT2D eigenvalue weighted by molar-refractivity contribution is 5.89. The van der Waals surface area contributed by atoms with Crippen LogP contribution in [0.4, 0.5) is 17.1 Å². The molecule has 0 saturated carbocycles. The van der Waals surface area contributed by atoms with Gasteiger partial charge in [0.15, 0.2) is 0 Å². The lowest BCUT2D eigenvalue weighted by atomic mass is 9.97. The number of rotatable bonds is 9. The predicted octanol–water partition coefficient (Wildman–Crippen LogP) is 15.1. The molecule has 10 aromatic rings. The number of benzene rings is 9. The fourth-order valence-electron chi connectivity index (χ4n) is 7.84. The minimum atomic E-state index is 0.855. The van der Waals surface area contributed by atoms with Crippen molar-refractivity contribution >= 4 is 28.1 Å². The smallest absolute Gasteiger partial charge is 0.0973 e. The zero-order valence-electron chi connectivity index (χ0n) is 32.4. The van der Waals surface area contributed by atoms with Gasteiger partial charge in [-0.05, 0) is 99.1 Å². The van der Waals surface area contributed by atoms with Gasteiger partial charge in [0, 0.05) is 28.2 Å². The molecule has 9 aromatic carbocycles. The van der Waals surface area contributed by atoms with Gasteiger partial charge in [0.05, 0.1) is 22.4 Å². The van der Waals surface area contributed by atoms with Gasteiger partial charge >= 0.3 is 0 Å². The summed E-state index contributed by atoms with van der Waals surface area (Å²) >= 11 is 0. The Balaban J connectivity index is 1.09. The van der Waals surface area contributed by atoms with E-state index in [0.29, 0.717) is 0 Å². The Bertz CT molecular complexity index is 2930. The second-order valence-electron chi connectivity index (χ2n) is 14.6. The Hall–Kier alpha value is -7.88. The van der Waals surface area contributed by atoms with Crippen molar-refractivity contribution < 1.29 is 0 Å². The molecule has 3 nitrogen and oxygen atoms in total. The lowest BCUT2D eigenvalue weighted by Crippen LogP contribution is -2.10. The van der Waals surface area contributed by atoms with Gasteiger partial charge in [-0.2, -0.15) is 0 Å². The first-order chi connectivity index (χ1) is 29.2. The summed E-state index contributed by atoms with van der Waals surface area (Å²) in [5, 5.41) is 0. The largest absolute Gasteiger partial charge is 0.310 e. The molecule has 59 heavy (non-hydrogen) atoms. The van der Waals surface area contributed by atoms with Crippen LogP contribution in [0.5, 0.6) is 0 Å². The fraction of sp³-hybridized carbons (Fsp3) is 0. The third-order valence-electron chi connectivity index (χ3n) is 10.9.